The number of aromatic nitrogens is 1. The van der Waals surface area contributed by atoms with Gasteiger partial charge in [0.25, 0.3) is 5.91 Å². The summed E-state index contributed by atoms with van der Waals surface area (Å²) in [7, 11) is 1.61. The fourth-order valence-corrected chi connectivity index (χ4v) is 4.12. The molecule has 0 saturated heterocycles. The molecule has 0 saturated carbocycles. The van der Waals surface area contributed by atoms with Gasteiger partial charge >= 0.3 is 0 Å². The van der Waals surface area contributed by atoms with Gasteiger partial charge in [-0.05, 0) is 35.4 Å². The van der Waals surface area contributed by atoms with Crippen molar-refractivity contribution in [1.82, 2.24) is 9.88 Å². The number of amides is 1. The number of unbranched alkanes of at least 4 members (excludes halogenated alkanes) is 2. The zero-order chi connectivity index (χ0) is 21.1. The molecular weight excluding hydrogens is 372 g/mol. The van der Waals surface area contributed by atoms with Crippen molar-refractivity contribution in [3.63, 3.8) is 0 Å². The van der Waals surface area contributed by atoms with Crippen LogP contribution in [0, 0.1) is 0 Å². The molecule has 1 heterocycles. The van der Waals surface area contributed by atoms with Gasteiger partial charge in [-0.15, -0.1) is 0 Å². The van der Waals surface area contributed by atoms with Crippen LogP contribution >= 0.6 is 0 Å². The van der Waals surface area contributed by atoms with E-state index in [2.05, 4.69) is 22.9 Å². The molecule has 0 fully saturated rings. The number of hydrogen-bond acceptors (Lipinski definition) is 2. The smallest absolute Gasteiger partial charge is 0.251 e. The number of carbonyl (C=O) groups is 2. The lowest BCUT2D eigenvalue weighted by Crippen LogP contribution is -2.18. The van der Waals surface area contributed by atoms with E-state index in [1.807, 2.05) is 48.7 Å². The maximum atomic E-state index is 13.7. The Labute approximate surface area is 176 Å². The van der Waals surface area contributed by atoms with Crippen LogP contribution in [-0.2, 0) is 6.54 Å². The third kappa shape index (κ3) is 3.50. The molecule has 4 heteroatoms. The zero-order valence-corrected chi connectivity index (χ0v) is 17.4. The Hall–Kier alpha value is -3.40. The van der Waals surface area contributed by atoms with Crippen LogP contribution in [0.25, 0.3) is 21.7 Å². The van der Waals surface area contributed by atoms with E-state index >= 15 is 0 Å². The second-order valence-electron chi connectivity index (χ2n) is 7.57. The molecule has 152 valence electrons. The van der Waals surface area contributed by atoms with Gasteiger partial charge in [0.1, 0.15) is 0 Å². The van der Waals surface area contributed by atoms with E-state index in [1.165, 1.54) is 6.42 Å². The molecule has 0 radical (unpaired) electrons. The van der Waals surface area contributed by atoms with Gasteiger partial charge < -0.3 is 9.88 Å². The molecule has 4 rings (SSSR count). The first-order valence-electron chi connectivity index (χ1n) is 10.5. The number of hydrogen-bond donors (Lipinski definition) is 1. The predicted molar refractivity (Wildman–Crippen MR) is 122 cm³/mol. The van der Waals surface area contributed by atoms with Crippen LogP contribution in [0.3, 0.4) is 0 Å². The van der Waals surface area contributed by atoms with Crippen molar-refractivity contribution in [3.8, 4) is 0 Å². The van der Waals surface area contributed by atoms with E-state index < -0.39 is 0 Å². The normalized spacial score (nSPS) is 11.1. The lowest BCUT2D eigenvalue weighted by atomic mass is 9.94. The molecule has 1 aromatic heterocycles. The number of aryl methyl sites for hydroxylation is 1. The fraction of sp³-hybridized carbons (Fsp3) is 0.231. The van der Waals surface area contributed by atoms with Crippen LogP contribution in [0.2, 0.25) is 0 Å². The molecule has 0 spiro atoms. The van der Waals surface area contributed by atoms with E-state index in [1.54, 1.807) is 19.2 Å². The monoisotopic (exact) mass is 398 g/mol. The highest BCUT2D eigenvalue weighted by Gasteiger charge is 2.20. The van der Waals surface area contributed by atoms with E-state index in [0.717, 1.165) is 41.1 Å². The Morgan fingerprint density at radius 3 is 2.13 bits per heavy atom. The summed E-state index contributed by atoms with van der Waals surface area (Å²) in [5, 5.41) is 5.23. The van der Waals surface area contributed by atoms with Crippen LogP contribution in [0.15, 0.2) is 66.9 Å². The first-order chi connectivity index (χ1) is 14.7. The number of fused-ring (bicyclic) bond motifs is 2. The Balaban J connectivity index is 1.83. The Bertz CT molecular complexity index is 1240. The largest absolute Gasteiger partial charge is 0.355 e. The second kappa shape index (κ2) is 8.54. The predicted octanol–water partition coefficient (Wildman–Crippen LogP) is 5.58. The van der Waals surface area contributed by atoms with Gasteiger partial charge in [-0.3, -0.25) is 9.59 Å². The van der Waals surface area contributed by atoms with Crippen LogP contribution in [0.4, 0.5) is 0 Å². The van der Waals surface area contributed by atoms with Crippen molar-refractivity contribution in [1.29, 1.82) is 0 Å². The molecule has 1 N–H and O–H groups in total. The first kappa shape index (κ1) is 19.9. The summed E-state index contributed by atoms with van der Waals surface area (Å²) in [6.45, 7) is 3.09. The van der Waals surface area contributed by atoms with Gasteiger partial charge in [0.2, 0.25) is 0 Å². The highest BCUT2D eigenvalue weighted by molar-refractivity contribution is 6.23. The average Bonchev–Trinajstić information content (AvgIpc) is 3.16. The first-order valence-corrected chi connectivity index (χ1v) is 10.5. The maximum Gasteiger partial charge on any atom is 0.251 e. The van der Waals surface area contributed by atoms with Crippen molar-refractivity contribution < 1.29 is 9.59 Å². The summed E-state index contributed by atoms with van der Waals surface area (Å²) in [6, 6.07) is 19.2. The lowest BCUT2D eigenvalue weighted by Gasteiger charge is -2.10. The Kier molecular flexibility index (Phi) is 5.66. The standard InChI is InChI=1S/C26H26N2O2/c1-3-4-9-16-28-17-23(20-12-7-8-13-24(20)28)25(29)21-14-15-22(26(30)27-2)19-11-6-5-10-18(19)21/h5-8,10-15,17H,3-4,9,16H2,1-2H3,(H,27,30). The Morgan fingerprint density at radius 1 is 0.800 bits per heavy atom. The highest BCUT2D eigenvalue weighted by atomic mass is 16.1. The molecule has 30 heavy (non-hydrogen) atoms. The fourth-order valence-electron chi connectivity index (χ4n) is 4.12. The molecule has 0 aliphatic heterocycles. The van der Waals surface area contributed by atoms with Gasteiger partial charge in [-0.2, -0.15) is 0 Å². The van der Waals surface area contributed by atoms with Crippen molar-refractivity contribution in [2.75, 3.05) is 7.05 Å². The van der Waals surface area contributed by atoms with Crippen LogP contribution < -0.4 is 5.32 Å². The molecule has 0 atom stereocenters. The van der Waals surface area contributed by atoms with Gasteiger partial charge in [-0.25, -0.2) is 0 Å². The molecule has 0 aliphatic rings. The van der Waals surface area contributed by atoms with Gasteiger partial charge in [0.15, 0.2) is 5.78 Å². The number of rotatable bonds is 7. The molecule has 3 aromatic carbocycles. The minimum atomic E-state index is -0.155. The van der Waals surface area contributed by atoms with Crippen LogP contribution in [0.5, 0.6) is 0 Å². The number of benzene rings is 3. The molecule has 1 amide bonds. The molecular formula is C26H26N2O2. The van der Waals surface area contributed by atoms with Crippen molar-refractivity contribution in [2.24, 2.45) is 0 Å². The molecule has 4 nitrogen and oxygen atoms in total. The third-order valence-electron chi connectivity index (χ3n) is 5.68. The molecule has 0 unspecified atom stereocenters. The number of nitrogens with one attached hydrogen (secondary N) is 1. The summed E-state index contributed by atoms with van der Waals surface area (Å²) in [4.78, 5) is 25.9. The number of carbonyl (C=O) groups excluding carboxylic acids is 2. The summed E-state index contributed by atoms with van der Waals surface area (Å²) < 4.78 is 2.19. The van der Waals surface area contributed by atoms with Crippen molar-refractivity contribution in [2.45, 2.75) is 32.7 Å². The van der Waals surface area contributed by atoms with Crippen LogP contribution in [-0.4, -0.2) is 23.3 Å². The van der Waals surface area contributed by atoms with Crippen molar-refractivity contribution >= 4 is 33.4 Å². The molecule has 0 bridgehead atoms. The number of para-hydroxylation sites is 1. The summed E-state index contributed by atoms with van der Waals surface area (Å²) in [5.41, 5.74) is 2.99. The third-order valence-corrected chi connectivity index (χ3v) is 5.68. The van der Waals surface area contributed by atoms with E-state index in [0.29, 0.717) is 16.7 Å². The summed E-state index contributed by atoms with van der Waals surface area (Å²) >= 11 is 0. The Morgan fingerprint density at radius 2 is 1.43 bits per heavy atom. The van der Waals surface area contributed by atoms with Crippen LogP contribution in [0.1, 0.15) is 52.5 Å². The topological polar surface area (TPSA) is 51.1 Å². The van der Waals surface area contributed by atoms with Gasteiger partial charge in [0, 0.05) is 47.4 Å². The van der Waals surface area contributed by atoms with E-state index in [4.69, 9.17) is 0 Å². The average molecular weight is 399 g/mol. The minimum Gasteiger partial charge on any atom is -0.355 e. The van der Waals surface area contributed by atoms with Gasteiger partial charge in [0.05, 0.1) is 0 Å². The van der Waals surface area contributed by atoms with Crippen molar-refractivity contribution in [3.05, 3.63) is 83.6 Å². The highest BCUT2D eigenvalue weighted by Crippen LogP contribution is 2.29. The SMILES string of the molecule is CCCCCn1cc(C(=O)c2ccc(C(=O)NC)c3ccccc23)c2ccccc21. The minimum absolute atomic E-state index is 0.0138. The zero-order valence-electron chi connectivity index (χ0n) is 17.4. The number of ketones is 1. The van der Waals surface area contributed by atoms with Gasteiger partial charge in [-0.1, -0.05) is 62.2 Å². The number of nitrogens with zero attached hydrogens (tertiary/aromatic N) is 1. The molecule has 0 aliphatic carbocycles. The van der Waals surface area contributed by atoms with E-state index in [9.17, 15) is 9.59 Å². The maximum absolute atomic E-state index is 13.7. The quantitative estimate of drug-likeness (QED) is 0.327. The second-order valence-corrected chi connectivity index (χ2v) is 7.57. The lowest BCUT2D eigenvalue weighted by molar-refractivity contribution is 0.0963. The molecule has 4 aromatic rings. The summed E-state index contributed by atoms with van der Waals surface area (Å²) in [5.74, 6) is -0.169. The summed E-state index contributed by atoms with van der Waals surface area (Å²) in [6.07, 6.45) is 5.41. The van der Waals surface area contributed by atoms with E-state index in [-0.39, 0.29) is 11.7 Å².